The Bertz CT molecular complexity index is 570. The van der Waals surface area contributed by atoms with Crippen molar-refractivity contribution in [3.05, 3.63) is 35.9 Å². The summed E-state index contributed by atoms with van der Waals surface area (Å²) >= 11 is 0. The normalized spacial score (nSPS) is 24.0. The van der Waals surface area contributed by atoms with Crippen LogP contribution in [0, 0.1) is 5.92 Å². The molecule has 0 bridgehead atoms. The van der Waals surface area contributed by atoms with E-state index >= 15 is 0 Å². The molecular weight excluding hydrogens is 329 g/mol. The Morgan fingerprint density at radius 2 is 1.75 bits per heavy atom. The van der Waals surface area contributed by atoms with Crippen molar-refractivity contribution in [1.29, 1.82) is 0 Å². The maximum Gasteiger partial charge on any atom is 0.347 e. The van der Waals surface area contributed by atoms with E-state index in [0.29, 0.717) is 13.0 Å². The third kappa shape index (κ3) is 4.25. The second-order valence-electron chi connectivity index (χ2n) is 5.54. The van der Waals surface area contributed by atoms with Crippen molar-refractivity contribution in [3.63, 3.8) is 0 Å². The van der Waals surface area contributed by atoms with E-state index in [4.69, 9.17) is 13.8 Å². The zero-order chi connectivity index (χ0) is 17.6. The van der Waals surface area contributed by atoms with E-state index in [9.17, 15) is 9.36 Å². The highest BCUT2D eigenvalue weighted by Gasteiger charge is 2.48. The minimum absolute atomic E-state index is 0.274. The minimum Gasteiger partial charge on any atom is -0.466 e. The lowest BCUT2D eigenvalue weighted by atomic mass is 9.94. The van der Waals surface area contributed by atoms with Crippen molar-refractivity contribution in [2.45, 2.75) is 39.0 Å². The predicted octanol–water partition coefficient (Wildman–Crippen LogP) is 3.49. The van der Waals surface area contributed by atoms with Gasteiger partial charge in [-0.05, 0) is 32.8 Å². The topological polar surface area (TPSA) is 73.9 Å². The summed E-state index contributed by atoms with van der Waals surface area (Å²) in [5, 5.41) is 3.29. The van der Waals surface area contributed by atoms with Crippen molar-refractivity contribution < 1.29 is 23.1 Å². The second kappa shape index (κ2) is 8.77. The van der Waals surface area contributed by atoms with Gasteiger partial charge in [0.2, 0.25) is 0 Å². The van der Waals surface area contributed by atoms with Crippen LogP contribution in [0.3, 0.4) is 0 Å². The summed E-state index contributed by atoms with van der Waals surface area (Å²) in [5.74, 6) is -1.25. The van der Waals surface area contributed by atoms with E-state index < -0.39 is 19.3 Å². The first-order valence-electron chi connectivity index (χ1n) is 8.42. The zero-order valence-corrected chi connectivity index (χ0v) is 15.3. The van der Waals surface area contributed by atoms with Crippen molar-refractivity contribution in [2.75, 3.05) is 19.8 Å². The molecule has 1 heterocycles. The van der Waals surface area contributed by atoms with Gasteiger partial charge in [-0.15, -0.1) is 0 Å². The Morgan fingerprint density at radius 3 is 2.29 bits per heavy atom. The Hall–Kier alpha value is -1.20. The van der Waals surface area contributed by atoms with Crippen LogP contribution < -0.4 is 5.32 Å². The molecule has 0 spiro atoms. The SMILES string of the molecule is CCOC(=O)[C@H]1C[C@H](P(=O)(OCC)OCC)N[C@@H]1c1ccccc1. The summed E-state index contributed by atoms with van der Waals surface area (Å²) < 4.78 is 29.2. The molecule has 1 aliphatic heterocycles. The van der Waals surface area contributed by atoms with E-state index in [1.54, 1.807) is 20.8 Å². The average molecular weight is 355 g/mol. The number of rotatable bonds is 8. The molecule has 7 heteroatoms. The number of hydrogen-bond acceptors (Lipinski definition) is 6. The van der Waals surface area contributed by atoms with E-state index in [1.165, 1.54) is 0 Å². The van der Waals surface area contributed by atoms with E-state index in [-0.39, 0.29) is 25.2 Å². The summed E-state index contributed by atoms with van der Waals surface area (Å²) in [6.45, 7) is 6.22. The van der Waals surface area contributed by atoms with Gasteiger partial charge in [0.05, 0.1) is 25.7 Å². The number of benzene rings is 1. The third-order valence-electron chi connectivity index (χ3n) is 4.00. The summed E-state index contributed by atoms with van der Waals surface area (Å²) in [7, 11) is -3.34. The molecule has 2 rings (SSSR count). The maximum atomic E-state index is 13.1. The molecule has 1 aliphatic rings. The van der Waals surface area contributed by atoms with Gasteiger partial charge in [0.1, 0.15) is 5.78 Å². The summed E-state index contributed by atoms with van der Waals surface area (Å²) in [6, 6.07) is 9.36. The van der Waals surface area contributed by atoms with Gasteiger partial charge in [-0.2, -0.15) is 0 Å². The van der Waals surface area contributed by atoms with Crippen molar-refractivity contribution in [1.82, 2.24) is 5.32 Å². The highest BCUT2D eigenvalue weighted by Crippen LogP contribution is 2.57. The molecular formula is C17H26NO5P. The Labute approximate surface area is 143 Å². The zero-order valence-electron chi connectivity index (χ0n) is 14.4. The fourth-order valence-corrected chi connectivity index (χ4v) is 5.02. The summed E-state index contributed by atoms with van der Waals surface area (Å²) in [6.07, 6.45) is 0.357. The van der Waals surface area contributed by atoms with Crippen LogP contribution in [0.2, 0.25) is 0 Å². The molecule has 0 aliphatic carbocycles. The molecule has 0 radical (unpaired) electrons. The molecule has 0 aromatic heterocycles. The van der Waals surface area contributed by atoms with Crippen LogP contribution in [-0.2, 0) is 23.1 Å². The van der Waals surface area contributed by atoms with Gasteiger partial charge >= 0.3 is 13.6 Å². The van der Waals surface area contributed by atoms with E-state index in [0.717, 1.165) is 5.56 Å². The highest BCUT2D eigenvalue weighted by molar-refractivity contribution is 7.54. The molecule has 1 aromatic rings. The molecule has 0 saturated carbocycles. The monoisotopic (exact) mass is 355 g/mol. The van der Waals surface area contributed by atoms with Gasteiger partial charge in [0, 0.05) is 6.04 Å². The van der Waals surface area contributed by atoms with E-state index in [2.05, 4.69) is 5.32 Å². The molecule has 3 atom stereocenters. The van der Waals surface area contributed by atoms with Gasteiger partial charge in [-0.25, -0.2) is 0 Å². The first kappa shape index (κ1) is 19.1. The van der Waals surface area contributed by atoms with Gasteiger partial charge in [-0.3, -0.25) is 14.7 Å². The lowest BCUT2D eigenvalue weighted by Crippen LogP contribution is -2.28. The molecule has 1 fully saturated rings. The number of esters is 1. The molecule has 1 N–H and O–H groups in total. The Kier molecular flexibility index (Phi) is 6.99. The van der Waals surface area contributed by atoms with Crippen LogP contribution >= 0.6 is 7.60 Å². The standard InChI is InChI=1S/C17H26NO5P/c1-4-21-17(19)14-12-15(24(20,22-5-2)23-6-3)18-16(14)13-10-8-7-9-11-13/h7-11,14-16,18H,4-6,12H2,1-3H3/t14-,15-,16+/m0/s1. The first-order valence-corrected chi connectivity index (χ1v) is 10.0. The largest absolute Gasteiger partial charge is 0.466 e. The van der Waals surface area contributed by atoms with Gasteiger partial charge < -0.3 is 13.8 Å². The summed E-state index contributed by atoms with van der Waals surface area (Å²) in [5.41, 5.74) is 0.956. The second-order valence-corrected chi connectivity index (χ2v) is 7.76. The quantitative estimate of drug-likeness (QED) is 0.568. The van der Waals surface area contributed by atoms with Crippen LogP contribution in [0.25, 0.3) is 0 Å². The Balaban J connectivity index is 2.28. The Morgan fingerprint density at radius 1 is 1.12 bits per heavy atom. The molecule has 24 heavy (non-hydrogen) atoms. The van der Waals surface area contributed by atoms with Gasteiger partial charge in [-0.1, -0.05) is 30.3 Å². The number of nitrogens with one attached hydrogen (secondary N) is 1. The van der Waals surface area contributed by atoms with Crippen molar-refractivity contribution >= 4 is 13.6 Å². The molecule has 1 aromatic carbocycles. The number of carbonyl (C=O) groups is 1. The van der Waals surface area contributed by atoms with E-state index in [1.807, 2.05) is 30.3 Å². The third-order valence-corrected chi connectivity index (χ3v) is 6.36. The predicted molar refractivity (Wildman–Crippen MR) is 91.7 cm³/mol. The molecule has 6 nitrogen and oxygen atoms in total. The van der Waals surface area contributed by atoms with Gasteiger partial charge in [0.15, 0.2) is 0 Å². The molecule has 134 valence electrons. The average Bonchev–Trinajstić information content (AvgIpc) is 3.02. The van der Waals surface area contributed by atoms with Crippen LogP contribution in [0.4, 0.5) is 0 Å². The van der Waals surface area contributed by atoms with Crippen LogP contribution in [0.15, 0.2) is 30.3 Å². The minimum atomic E-state index is -3.34. The lowest BCUT2D eigenvalue weighted by Gasteiger charge is -2.23. The van der Waals surface area contributed by atoms with Gasteiger partial charge in [0.25, 0.3) is 0 Å². The number of hydrogen-bond donors (Lipinski definition) is 1. The van der Waals surface area contributed by atoms with Crippen LogP contribution in [-0.4, -0.2) is 31.6 Å². The first-order chi connectivity index (χ1) is 11.6. The number of carbonyl (C=O) groups excluding carboxylic acids is 1. The smallest absolute Gasteiger partial charge is 0.347 e. The fraction of sp³-hybridized carbons (Fsp3) is 0.588. The molecule has 1 saturated heterocycles. The van der Waals surface area contributed by atoms with Crippen molar-refractivity contribution in [3.8, 4) is 0 Å². The highest BCUT2D eigenvalue weighted by atomic mass is 31.2. The van der Waals surface area contributed by atoms with Crippen molar-refractivity contribution in [2.24, 2.45) is 5.92 Å². The van der Waals surface area contributed by atoms with Crippen LogP contribution in [0.1, 0.15) is 38.8 Å². The maximum absolute atomic E-state index is 13.1. The number of ether oxygens (including phenoxy) is 1. The van der Waals surface area contributed by atoms with Crippen LogP contribution in [0.5, 0.6) is 0 Å². The molecule has 0 unspecified atom stereocenters. The summed E-state index contributed by atoms with van der Waals surface area (Å²) in [4.78, 5) is 12.4. The lowest BCUT2D eigenvalue weighted by molar-refractivity contribution is -0.148. The fourth-order valence-electron chi connectivity index (χ4n) is 3.04. The molecule has 0 amide bonds.